The maximum atomic E-state index is 11.9. The number of ketones is 1. The lowest BCUT2D eigenvalue weighted by Gasteiger charge is -2.02. The van der Waals surface area contributed by atoms with Gasteiger partial charge in [0.15, 0.2) is 5.01 Å². The Balaban J connectivity index is 2.46. The van der Waals surface area contributed by atoms with Crippen LogP contribution in [0.15, 0.2) is 29.8 Å². The Hall–Kier alpha value is -1.39. The smallest absolute Gasteiger partial charge is 0.223 e. The highest BCUT2D eigenvalue weighted by atomic mass is 35.5. The van der Waals surface area contributed by atoms with Crippen LogP contribution in [0.25, 0.3) is 0 Å². The number of nitrogens with two attached hydrogens (primary N) is 1. The number of carbonyl (C=O) groups is 1. The minimum Gasteiger partial charge on any atom is -0.398 e. The van der Waals surface area contributed by atoms with Crippen LogP contribution in [0.2, 0.25) is 5.02 Å². The van der Waals surface area contributed by atoms with Gasteiger partial charge in [0.05, 0.1) is 0 Å². The molecule has 0 fully saturated rings. The number of thiazole rings is 1. The predicted octanol–water partition coefficient (Wildman–Crippen LogP) is 2.61. The molecular weight excluding hydrogens is 232 g/mol. The molecule has 0 aliphatic heterocycles. The van der Waals surface area contributed by atoms with Gasteiger partial charge in [-0.2, -0.15) is 0 Å². The Morgan fingerprint density at radius 1 is 1.47 bits per heavy atom. The van der Waals surface area contributed by atoms with E-state index in [1.807, 2.05) is 0 Å². The van der Waals surface area contributed by atoms with Gasteiger partial charge >= 0.3 is 0 Å². The number of aromatic nitrogens is 1. The Morgan fingerprint density at radius 3 is 2.93 bits per heavy atom. The summed E-state index contributed by atoms with van der Waals surface area (Å²) in [6.07, 6.45) is 1.58. The lowest BCUT2D eigenvalue weighted by molar-refractivity contribution is 0.103. The maximum absolute atomic E-state index is 11.9. The fourth-order valence-electron chi connectivity index (χ4n) is 1.18. The highest BCUT2D eigenvalue weighted by Gasteiger charge is 2.14. The standard InChI is InChI=1S/C10H7ClN2OS/c11-6-1-2-8(12)7(5-6)9(14)10-13-3-4-15-10/h1-5H,12H2. The molecule has 5 heteroatoms. The minimum atomic E-state index is -0.190. The first kappa shape index (κ1) is 10.1. The third kappa shape index (κ3) is 2.00. The zero-order valence-corrected chi connectivity index (χ0v) is 9.18. The number of halogens is 1. The van der Waals surface area contributed by atoms with Gasteiger partial charge < -0.3 is 5.73 Å². The van der Waals surface area contributed by atoms with Gasteiger partial charge in [-0.1, -0.05) is 11.6 Å². The topological polar surface area (TPSA) is 56.0 Å². The Labute approximate surface area is 95.5 Å². The zero-order chi connectivity index (χ0) is 10.8. The van der Waals surface area contributed by atoms with Crippen molar-refractivity contribution < 1.29 is 4.79 Å². The van der Waals surface area contributed by atoms with E-state index in [0.29, 0.717) is 21.3 Å². The summed E-state index contributed by atoms with van der Waals surface area (Å²) >= 11 is 7.08. The molecule has 2 rings (SSSR count). The molecule has 0 radical (unpaired) electrons. The van der Waals surface area contributed by atoms with Crippen LogP contribution in [0.1, 0.15) is 15.4 Å². The zero-order valence-electron chi connectivity index (χ0n) is 7.61. The van der Waals surface area contributed by atoms with Crippen molar-refractivity contribution in [2.75, 3.05) is 5.73 Å². The summed E-state index contributed by atoms with van der Waals surface area (Å²) in [6, 6.07) is 4.82. The van der Waals surface area contributed by atoms with Crippen LogP contribution in [-0.2, 0) is 0 Å². The molecule has 1 aromatic heterocycles. The van der Waals surface area contributed by atoms with Gasteiger partial charge in [0.1, 0.15) is 0 Å². The van der Waals surface area contributed by atoms with Crippen LogP contribution in [0.3, 0.4) is 0 Å². The second-order valence-electron chi connectivity index (χ2n) is 2.90. The maximum Gasteiger partial charge on any atom is 0.223 e. The van der Waals surface area contributed by atoms with Gasteiger partial charge in [-0.15, -0.1) is 11.3 Å². The average molecular weight is 239 g/mol. The summed E-state index contributed by atoms with van der Waals surface area (Å²) in [5, 5.41) is 2.65. The summed E-state index contributed by atoms with van der Waals surface area (Å²) in [5.41, 5.74) is 6.51. The van der Waals surface area contributed by atoms with Crippen LogP contribution in [0.4, 0.5) is 5.69 Å². The third-order valence-electron chi connectivity index (χ3n) is 1.89. The summed E-state index contributed by atoms with van der Waals surface area (Å²) in [7, 11) is 0. The monoisotopic (exact) mass is 238 g/mol. The number of carbonyl (C=O) groups excluding carboxylic acids is 1. The second kappa shape index (κ2) is 4.00. The van der Waals surface area contributed by atoms with Gasteiger partial charge in [0.25, 0.3) is 0 Å². The van der Waals surface area contributed by atoms with Crippen LogP contribution < -0.4 is 5.73 Å². The van der Waals surface area contributed by atoms with Crippen molar-refractivity contribution in [2.45, 2.75) is 0 Å². The largest absolute Gasteiger partial charge is 0.398 e. The van der Waals surface area contributed by atoms with Gasteiger partial charge in [0.2, 0.25) is 5.78 Å². The molecule has 1 heterocycles. The molecule has 0 unspecified atom stereocenters. The molecule has 0 bridgehead atoms. The molecule has 0 aliphatic carbocycles. The van der Waals surface area contributed by atoms with E-state index >= 15 is 0 Å². The minimum absolute atomic E-state index is 0.190. The summed E-state index contributed by atoms with van der Waals surface area (Å²) in [4.78, 5) is 15.8. The molecule has 0 saturated heterocycles. The quantitative estimate of drug-likeness (QED) is 0.646. The molecule has 0 spiro atoms. The van der Waals surface area contributed by atoms with E-state index in [9.17, 15) is 4.79 Å². The van der Waals surface area contributed by atoms with E-state index < -0.39 is 0 Å². The Bertz CT molecular complexity index is 496. The average Bonchev–Trinajstić information content (AvgIpc) is 2.74. The SMILES string of the molecule is Nc1ccc(Cl)cc1C(=O)c1nccs1. The molecule has 15 heavy (non-hydrogen) atoms. The van der Waals surface area contributed by atoms with Crippen LogP contribution >= 0.6 is 22.9 Å². The number of anilines is 1. The molecule has 0 aliphatic rings. The molecule has 0 amide bonds. The lowest BCUT2D eigenvalue weighted by Crippen LogP contribution is -2.04. The summed E-state index contributed by atoms with van der Waals surface area (Å²) in [6.45, 7) is 0. The van der Waals surface area contributed by atoms with Gasteiger partial charge in [-0.3, -0.25) is 4.79 Å². The molecule has 76 valence electrons. The normalized spacial score (nSPS) is 10.2. The van der Waals surface area contributed by atoms with Crippen molar-refractivity contribution in [1.29, 1.82) is 0 Å². The van der Waals surface area contributed by atoms with Crippen LogP contribution in [-0.4, -0.2) is 10.8 Å². The molecule has 0 atom stereocenters. The second-order valence-corrected chi connectivity index (χ2v) is 4.23. The van der Waals surface area contributed by atoms with Gasteiger partial charge in [-0.25, -0.2) is 4.98 Å². The number of hydrogen-bond donors (Lipinski definition) is 1. The molecule has 1 aromatic carbocycles. The first-order valence-corrected chi connectivity index (χ1v) is 5.43. The first-order chi connectivity index (χ1) is 7.18. The van der Waals surface area contributed by atoms with E-state index in [2.05, 4.69) is 4.98 Å². The predicted molar refractivity (Wildman–Crippen MR) is 61.4 cm³/mol. The van der Waals surface area contributed by atoms with Gasteiger partial charge in [0, 0.05) is 27.9 Å². The van der Waals surface area contributed by atoms with E-state index in [0.717, 1.165) is 0 Å². The molecule has 2 aromatic rings. The number of nitrogens with zero attached hydrogens (tertiary/aromatic N) is 1. The van der Waals surface area contributed by atoms with Crippen LogP contribution in [0.5, 0.6) is 0 Å². The van der Waals surface area contributed by atoms with E-state index in [4.69, 9.17) is 17.3 Å². The Kier molecular flexibility index (Phi) is 2.70. The van der Waals surface area contributed by atoms with E-state index in [1.54, 1.807) is 29.8 Å². The third-order valence-corrected chi connectivity index (χ3v) is 2.89. The Morgan fingerprint density at radius 2 is 2.27 bits per heavy atom. The summed E-state index contributed by atoms with van der Waals surface area (Å²) < 4.78 is 0. The number of rotatable bonds is 2. The fourth-order valence-corrected chi connectivity index (χ4v) is 1.94. The van der Waals surface area contributed by atoms with Crippen molar-refractivity contribution in [1.82, 2.24) is 4.98 Å². The van der Waals surface area contributed by atoms with Crippen molar-refractivity contribution in [3.05, 3.63) is 45.4 Å². The fraction of sp³-hybridized carbons (Fsp3) is 0. The van der Waals surface area contributed by atoms with E-state index in [-0.39, 0.29) is 5.78 Å². The van der Waals surface area contributed by atoms with Crippen molar-refractivity contribution in [2.24, 2.45) is 0 Å². The molecule has 2 N–H and O–H groups in total. The molecule has 0 saturated carbocycles. The first-order valence-electron chi connectivity index (χ1n) is 4.17. The lowest BCUT2D eigenvalue weighted by atomic mass is 10.1. The van der Waals surface area contributed by atoms with E-state index in [1.165, 1.54) is 11.3 Å². The van der Waals surface area contributed by atoms with Crippen molar-refractivity contribution >= 4 is 34.4 Å². The van der Waals surface area contributed by atoms with Crippen molar-refractivity contribution in [3.63, 3.8) is 0 Å². The van der Waals surface area contributed by atoms with Gasteiger partial charge in [-0.05, 0) is 18.2 Å². The van der Waals surface area contributed by atoms with Crippen molar-refractivity contribution in [3.8, 4) is 0 Å². The molecular formula is C10H7ClN2OS. The number of nitrogen functional groups attached to an aromatic ring is 1. The molecule has 3 nitrogen and oxygen atoms in total. The number of benzene rings is 1. The highest BCUT2D eigenvalue weighted by Crippen LogP contribution is 2.21. The number of hydrogen-bond acceptors (Lipinski definition) is 4. The summed E-state index contributed by atoms with van der Waals surface area (Å²) in [5.74, 6) is -0.190. The highest BCUT2D eigenvalue weighted by molar-refractivity contribution is 7.11. The van der Waals surface area contributed by atoms with Crippen LogP contribution in [0, 0.1) is 0 Å².